The van der Waals surface area contributed by atoms with Crippen LogP contribution in [0, 0.1) is 10.8 Å². The monoisotopic (exact) mass is 396 g/mol. The van der Waals surface area contributed by atoms with Crippen LogP contribution in [0.2, 0.25) is 0 Å². The average molecular weight is 399 g/mol. The van der Waals surface area contributed by atoms with E-state index in [4.69, 9.17) is 11.6 Å². The van der Waals surface area contributed by atoms with E-state index in [0.29, 0.717) is 9.65 Å². The van der Waals surface area contributed by atoms with Gasteiger partial charge in [-0.05, 0) is 49.9 Å². The van der Waals surface area contributed by atoms with Crippen LogP contribution in [0.5, 0.6) is 0 Å². The Morgan fingerprint density at radius 2 is 1.78 bits per heavy atom. The minimum absolute atomic E-state index is 0.110. The Kier molecular flexibility index (Phi) is 4.08. The van der Waals surface area contributed by atoms with Gasteiger partial charge in [0.2, 0.25) is 0 Å². The Balaban J connectivity index is 2.37. The SMILES string of the molecule is C=C1CC[C@@H](Br)C(C)(C)[C@@]12CC[C@@](C)(Cl)[C@H](Br)C2. The summed E-state index contributed by atoms with van der Waals surface area (Å²) in [5.41, 5.74) is 1.93. The molecule has 2 aliphatic carbocycles. The molecule has 2 saturated carbocycles. The van der Waals surface area contributed by atoms with Gasteiger partial charge < -0.3 is 0 Å². The van der Waals surface area contributed by atoms with Gasteiger partial charge in [0.1, 0.15) is 0 Å². The van der Waals surface area contributed by atoms with E-state index in [1.165, 1.54) is 18.4 Å². The van der Waals surface area contributed by atoms with E-state index >= 15 is 0 Å². The number of allylic oxidation sites excluding steroid dienone is 1. The molecule has 0 radical (unpaired) electrons. The van der Waals surface area contributed by atoms with Gasteiger partial charge >= 0.3 is 0 Å². The standard InChI is InChI=1S/C15H23Br2Cl/c1-10-5-6-11(16)13(2,3)15(10)8-7-14(4,18)12(17)9-15/h11-12H,1,5-9H2,2-4H3/t11-,12-,14-,15-/m1/s1. The van der Waals surface area contributed by atoms with Crippen molar-refractivity contribution in [3.05, 3.63) is 12.2 Å². The molecule has 0 heterocycles. The molecule has 0 aromatic rings. The molecule has 0 amide bonds. The van der Waals surface area contributed by atoms with Crippen LogP contribution >= 0.6 is 43.5 Å². The second-order valence-corrected chi connectivity index (χ2v) is 9.94. The molecule has 0 nitrogen and oxygen atoms in total. The summed E-state index contributed by atoms with van der Waals surface area (Å²) in [5, 5.41) is 0. The molecule has 0 aromatic carbocycles. The highest BCUT2D eigenvalue weighted by Gasteiger charge is 2.57. The Morgan fingerprint density at radius 1 is 1.17 bits per heavy atom. The molecule has 0 saturated heterocycles. The first-order valence-electron chi connectivity index (χ1n) is 6.79. The van der Waals surface area contributed by atoms with E-state index in [1.807, 2.05) is 0 Å². The largest absolute Gasteiger partial charge is 0.118 e. The molecule has 1 spiro atoms. The normalized spacial score (nSPS) is 48.4. The zero-order valence-electron chi connectivity index (χ0n) is 11.5. The Labute approximate surface area is 133 Å². The molecule has 3 heteroatoms. The van der Waals surface area contributed by atoms with E-state index in [0.717, 1.165) is 19.3 Å². The predicted octanol–water partition coefficient (Wildman–Crippen LogP) is 6.06. The van der Waals surface area contributed by atoms with Crippen molar-refractivity contribution < 1.29 is 0 Å². The third kappa shape index (κ3) is 2.15. The lowest BCUT2D eigenvalue weighted by molar-refractivity contribution is 0.0343. The van der Waals surface area contributed by atoms with Crippen molar-refractivity contribution in [2.75, 3.05) is 0 Å². The zero-order valence-corrected chi connectivity index (χ0v) is 15.5. The van der Waals surface area contributed by atoms with Crippen molar-refractivity contribution in [3.8, 4) is 0 Å². The molecule has 2 rings (SSSR count). The molecule has 0 bridgehead atoms. The molecule has 2 aliphatic rings. The van der Waals surface area contributed by atoms with Crippen molar-refractivity contribution in [2.45, 2.75) is 67.4 Å². The first-order valence-corrected chi connectivity index (χ1v) is 9.00. The second-order valence-electron chi connectivity index (χ2n) is 6.86. The molecule has 0 aromatic heterocycles. The maximum atomic E-state index is 6.61. The highest BCUT2D eigenvalue weighted by atomic mass is 79.9. The fourth-order valence-corrected chi connectivity index (χ4v) is 5.42. The second kappa shape index (κ2) is 4.77. The van der Waals surface area contributed by atoms with Gasteiger partial charge in [-0.1, -0.05) is 57.9 Å². The third-order valence-corrected chi connectivity index (χ3v) is 9.27. The van der Waals surface area contributed by atoms with Crippen LogP contribution in [0.25, 0.3) is 0 Å². The highest BCUT2D eigenvalue weighted by molar-refractivity contribution is 9.09. The third-order valence-electron chi connectivity index (χ3n) is 5.61. The summed E-state index contributed by atoms with van der Waals surface area (Å²) in [4.78, 5) is 0.838. The van der Waals surface area contributed by atoms with Gasteiger partial charge in [0.05, 0.1) is 4.87 Å². The highest BCUT2D eigenvalue weighted by Crippen LogP contribution is 2.64. The number of halogens is 3. The fraction of sp³-hybridized carbons (Fsp3) is 0.867. The van der Waals surface area contributed by atoms with Gasteiger partial charge in [-0.15, -0.1) is 11.6 Å². The van der Waals surface area contributed by atoms with E-state index < -0.39 is 0 Å². The number of rotatable bonds is 0. The minimum atomic E-state index is -0.110. The lowest BCUT2D eigenvalue weighted by Gasteiger charge is -2.59. The van der Waals surface area contributed by atoms with E-state index in [1.54, 1.807) is 0 Å². The quantitative estimate of drug-likeness (QED) is 0.344. The molecule has 18 heavy (non-hydrogen) atoms. The maximum Gasteiger partial charge on any atom is 0.0544 e. The van der Waals surface area contributed by atoms with Crippen LogP contribution < -0.4 is 0 Å². The van der Waals surface area contributed by atoms with Crippen molar-refractivity contribution >= 4 is 43.5 Å². The summed E-state index contributed by atoms with van der Waals surface area (Å²) >= 11 is 14.4. The molecular formula is C15H23Br2Cl. The van der Waals surface area contributed by atoms with Gasteiger partial charge in [-0.2, -0.15) is 0 Å². The van der Waals surface area contributed by atoms with Crippen LogP contribution in [0.4, 0.5) is 0 Å². The summed E-state index contributed by atoms with van der Waals surface area (Å²) in [6, 6.07) is 0. The van der Waals surface area contributed by atoms with Gasteiger partial charge in [-0.25, -0.2) is 0 Å². The van der Waals surface area contributed by atoms with Crippen molar-refractivity contribution in [3.63, 3.8) is 0 Å². The fourth-order valence-electron chi connectivity index (χ4n) is 3.80. The van der Waals surface area contributed by atoms with Crippen LogP contribution in [0.1, 0.15) is 52.9 Å². The topological polar surface area (TPSA) is 0 Å². The van der Waals surface area contributed by atoms with Crippen LogP contribution in [-0.4, -0.2) is 14.5 Å². The summed E-state index contributed by atoms with van der Waals surface area (Å²) < 4.78 is 0. The summed E-state index contributed by atoms with van der Waals surface area (Å²) in [7, 11) is 0. The van der Waals surface area contributed by atoms with Crippen LogP contribution in [0.3, 0.4) is 0 Å². The predicted molar refractivity (Wildman–Crippen MR) is 88.1 cm³/mol. The number of hydrogen-bond acceptors (Lipinski definition) is 0. The molecule has 0 N–H and O–H groups in total. The Morgan fingerprint density at radius 3 is 2.33 bits per heavy atom. The maximum absolute atomic E-state index is 6.61. The minimum Gasteiger partial charge on any atom is -0.118 e. The number of alkyl halides is 3. The van der Waals surface area contributed by atoms with Gasteiger partial charge in [0.25, 0.3) is 0 Å². The molecular weight excluding hydrogens is 375 g/mol. The molecule has 0 aliphatic heterocycles. The van der Waals surface area contributed by atoms with Gasteiger partial charge in [-0.3, -0.25) is 0 Å². The van der Waals surface area contributed by atoms with Crippen LogP contribution in [0.15, 0.2) is 12.2 Å². The van der Waals surface area contributed by atoms with E-state index in [2.05, 4.69) is 59.2 Å². The average Bonchev–Trinajstić information content (AvgIpc) is 2.27. The molecule has 104 valence electrons. The number of hydrogen-bond donors (Lipinski definition) is 0. The zero-order chi connectivity index (χ0) is 13.8. The Bertz CT molecular complexity index is 362. The lowest BCUT2D eigenvalue weighted by atomic mass is 9.50. The van der Waals surface area contributed by atoms with Crippen molar-refractivity contribution in [2.24, 2.45) is 10.8 Å². The molecule has 2 fully saturated rings. The summed E-state index contributed by atoms with van der Waals surface area (Å²) in [5.74, 6) is 0. The first-order chi connectivity index (χ1) is 8.13. The molecule has 0 unspecified atom stereocenters. The van der Waals surface area contributed by atoms with Crippen molar-refractivity contribution in [1.82, 2.24) is 0 Å². The smallest absolute Gasteiger partial charge is 0.0544 e. The van der Waals surface area contributed by atoms with Gasteiger partial charge in [0.15, 0.2) is 0 Å². The summed E-state index contributed by atoms with van der Waals surface area (Å²) in [6.07, 6.45) is 5.70. The van der Waals surface area contributed by atoms with Crippen LogP contribution in [-0.2, 0) is 0 Å². The van der Waals surface area contributed by atoms with E-state index in [9.17, 15) is 0 Å². The van der Waals surface area contributed by atoms with Crippen molar-refractivity contribution in [1.29, 1.82) is 0 Å². The Hall–Kier alpha value is 0.990. The first kappa shape index (κ1) is 15.4. The summed E-state index contributed by atoms with van der Waals surface area (Å²) in [6.45, 7) is 11.4. The lowest BCUT2D eigenvalue weighted by Crippen LogP contribution is -2.54. The van der Waals surface area contributed by atoms with Gasteiger partial charge in [0, 0.05) is 9.65 Å². The molecule has 4 atom stereocenters. The van der Waals surface area contributed by atoms with E-state index in [-0.39, 0.29) is 15.7 Å².